The van der Waals surface area contributed by atoms with Gasteiger partial charge >= 0.3 is 21.7 Å². The van der Waals surface area contributed by atoms with Crippen molar-refractivity contribution in [3.63, 3.8) is 0 Å². The van der Waals surface area contributed by atoms with Crippen LogP contribution in [0.15, 0.2) is 0 Å². The number of hydrogen-bond acceptors (Lipinski definition) is 6. The van der Waals surface area contributed by atoms with Gasteiger partial charge in [-0.15, -0.1) is 0 Å². The number of esters is 2. The number of hydrogen-bond donors (Lipinski definition) is 0. The molecule has 0 N–H and O–H groups in total. The number of carbonyl (C=O) groups is 2. The zero-order chi connectivity index (χ0) is 17.1. The summed E-state index contributed by atoms with van der Waals surface area (Å²) in [5, 5.41) is 0. The first kappa shape index (κ1) is 28.2. The summed E-state index contributed by atoms with van der Waals surface area (Å²) in [5.74, 6) is -0.581. The summed E-state index contributed by atoms with van der Waals surface area (Å²) in [7, 11) is 2.63. The Hall–Kier alpha value is 0.354. The van der Waals surface area contributed by atoms with Crippen molar-refractivity contribution in [2.75, 3.05) is 25.7 Å². The molecule has 4 nitrogen and oxygen atoms in total. The van der Waals surface area contributed by atoms with Gasteiger partial charge in [-0.3, -0.25) is 9.59 Å². The fourth-order valence-corrected chi connectivity index (χ4v) is 0.995. The average Bonchev–Trinajstić information content (AvgIpc) is 3.31. The summed E-state index contributed by atoms with van der Waals surface area (Å²) in [5.41, 5.74) is 0. The summed E-state index contributed by atoms with van der Waals surface area (Å²) in [6, 6.07) is 0. The second-order valence-corrected chi connectivity index (χ2v) is 3.94. The number of ether oxygens (including phenoxy) is 2. The molecule has 0 bridgehead atoms. The molecule has 0 saturated heterocycles. The van der Waals surface area contributed by atoms with Crippen molar-refractivity contribution in [2.45, 2.75) is 0 Å². The largest absolute Gasteiger partial charge is 2.00 e. The molecule has 7 heteroatoms. The average molecular weight is 388 g/mol. The van der Waals surface area contributed by atoms with Crippen LogP contribution in [0.5, 0.6) is 0 Å². The van der Waals surface area contributed by atoms with Gasteiger partial charge in [-0.25, -0.2) is 0 Å². The van der Waals surface area contributed by atoms with Crippen molar-refractivity contribution in [1.82, 2.24) is 0 Å². The first-order valence-electron chi connectivity index (χ1n) is 6.25. The molecule has 0 aliphatic heterocycles. The Bertz CT molecular complexity index is 205. The molecule has 0 amide bonds. The fraction of sp³-hybridized carbons (Fsp3) is 0.250. The minimum Gasteiger partial charge on any atom is -0.782 e. The molecule has 0 atom stereocenters. The molecule has 0 heterocycles. The van der Waals surface area contributed by atoms with E-state index in [0.717, 1.165) is 0 Å². The zero-order valence-electron chi connectivity index (χ0n) is 13.1. The van der Waals surface area contributed by atoms with Crippen molar-refractivity contribution in [3.8, 4) is 0 Å². The predicted octanol–water partition coefficient (Wildman–Crippen LogP) is 1.45. The molecule has 0 unspecified atom stereocenters. The van der Waals surface area contributed by atoms with Crippen molar-refractivity contribution < 1.29 is 40.8 Å². The van der Waals surface area contributed by atoms with E-state index >= 15 is 0 Å². The maximum atomic E-state index is 9.85. The van der Waals surface area contributed by atoms with Gasteiger partial charge in [0, 0.05) is 0 Å². The third-order valence-electron chi connectivity index (χ3n) is 1.80. The Balaban J connectivity index is -0.000000229. The van der Waals surface area contributed by atoms with Crippen LogP contribution >= 0.6 is 0 Å². The van der Waals surface area contributed by atoms with E-state index in [4.69, 9.17) is 0 Å². The molecular formula is C16H20O4S2Ti. The van der Waals surface area contributed by atoms with Gasteiger partial charge in [-0.2, -0.15) is 0 Å². The molecule has 2 aliphatic carbocycles. The van der Waals surface area contributed by atoms with E-state index in [0.29, 0.717) is 0 Å². The van der Waals surface area contributed by atoms with E-state index in [9.17, 15) is 9.59 Å². The molecule has 2 rings (SSSR count). The van der Waals surface area contributed by atoms with Crippen LogP contribution in [0.25, 0.3) is 0 Å². The topological polar surface area (TPSA) is 52.6 Å². The summed E-state index contributed by atoms with van der Waals surface area (Å²) in [4.78, 5) is 19.7. The van der Waals surface area contributed by atoms with Crippen molar-refractivity contribution in [2.24, 2.45) is 0 Å². The van der Waals surface area contributed by atoms with E-state index in [1.165, 1.54) is 14.2 Å². The quantitative estimate of drug-likeness (QED) is 0.406. The normalized spacial score (nSPS) is 14.4. The summed E-state index contributed by atoms with van der Waals surface area (Å²) < 4.78 is 8.31. The first-order chi connectivity index (χ1) is 10.6. The van der Waals surface area contributed by atoms with Crippen LogP contribution in [0.3, 0.4) is 0 Å². The second kappa shape index (κ2) is 24.6. The van der Waals surface area contributed by atoms with Gasteiger partial charge in [-0.05, 0) is 64.2 Å². The van der Waals surface area contributed by atoms with Gasteiger partial charge in [0.2, 0.25) is 0 Å². The van der Waals surface area contributed by atoms with Crippen molar-refractivity contribution in [1.29, 1.82) is 0 Å². The van der Waals surface area contributed by atoms with Gasteiger partial charge in [0.15, 0.2) is 0 Å². The van der Waals surface area contributed by atoms with E-state index in [-0.39, 0.29) is 45.2 Å². The van der Waals surface area contributed by atoms with Crippen LogP contribution in [0.4, 0.5) is 0 Å². The zero-order valence-corrected chi connectivity index (χ0v) is 16.3. The smallest absolute Gasteiger partial charge is 0.782 e. The van der Waals surface area contributed by atoms with Crippen LogP contribution in [-0.4, -0.2) is 37.7 Å². The molecule has 124 valence electrons. The fourth-order valence-electron chi connectivity index (χ4n) is 0.759. The molecule has 2 fully saturated rings. The van der Waals surface area contributed by atoms with Gasteiger partial charge in [0.1, 0.15) is 0 Å². The Morgan fingerprint density at radius 3 is 0.870 bits per heavy atom. The molecule has 0 spiro atoms. The van der Waals surface area contributed by atoms with E-state index in [1.54, 1.807) is 0 Å². The number of carbonyl (C=O) groups excluding carboxylic acids is 2. The molecule has 0 aromatic carbocycles. The van der Waals surface area contributed by atoms with Crippen molar-refractivity contribution in [3.05, 3.63) is 64.2 Å². The molecule has 0 aromatic rings. The number of methoxy groups -OCH3 is 2. The van der Waals surface area contributed by atoms with E-state index in [1.807, 2.05) is 64.2 Å². The summed E-state index contributed by atoms with van der Waals surface area (Å²) in [6.45, 7) is 0. The van der Waals surface area contributed by atoms with Crippen molar-refractivity contribution >= 4 is 37.2 Å². The molecule has 2 saturated carbocycles. The van der Waals surface area contributed by atoms with E-state index in [2.05, 4.69) is 34.7 Å². The van der Waals surface area contributed by atoms with Crippen LogP contribution < -0.4 is 0 Å². The third-order valence-corrected chi connectivity index (χ3v) is 2.27. The Morgan fingerprint density at radius 1 is 0.652 bits per heavy atom. The van der Waals surface area contributed by atoms with Gasteiger partial charge < -0.3 is 34.7 Å². The van der Waals surface area contributed by atoms with E-state index < -0.39 is 0 Å². The molecule has 10 radical (unpaired) electrons. The maximum Gasteiger partial charge on any atom is 2.00 e. The van der Waals surface area contributed by atoms with Crippen LogP contribution in [0.1, 0.15) is 0 Å². The maximum absolute atomic E-state index is 9.85. The predicted molar refractivity (Wildman–Crippen MR) is 91.5 cm³/mol. The van der Waals surface area contributed by atoms with Crippen LogP contribution in [0.2, 0.25) is 0 Å². The van der Waals surface area contributed by atoms with Crippen LogP contribution in [0, 0.1) is 64.2 Å². The summed E-state index contributed by atoms with van der Waals surface area (Å²) >= 11 is 8.60. The second-order valence-electron chi connectivity index (χ2n) is 3.37. The molecule has 23 heavy (non-hydrogen) atoms. The first-order valence-corrected chi connectivity index (χ1v) is 7.41. The Kier molecular flexibility index (Phi) is 30.1. The third kappa shape index (κ3) is 27.5. The Morgan fingerprint density at radius 2 is 0.826 bits per heavy atom. The minimum atomic E-state index is -0.343. The molecule has 2 aliphatic rings. The monoisotopic (exact) mass is 388 g/mol. The van der Waals surface area contributed by atoms with Crippen LogP contribution in [-0.2, 0) is 66.0 Å². The number of rotatable bonds is 2. The van der Waals surface area contributed by atoms with Gasteiger partial charge in [-0.1, -0.05) is 11.5 Å². The summed E-state index contributed by atoms with van der Waals surface area (Å²) in [6.07, 6.45) is 20.0. The molecule has 0 aromatic heterocycles. The molecular weight excluding hydrogens is 368 g/mol. The minimum absolute atomic E-state index is 0. The van der Waals surface area contributed by atoms with Gasteiger partial charge in [0.05, 0.1) is 14.2 Å². The van der Waals surface area contributed by atoms with Gasteiger partial charge in [0.25, 0.3) is 11.9 Å². The standard InChI is InChI=1S/2C5H5.2C3H6O2S.Ti/c2*1-2-4-5-3-1;2*1-5-3(4)2-6;/h2*1-5H;2*6H,2H2,1H3;/q;;;;+2/p-2. The Labute approximate surface area is 167 Å². The SMILES string of the molecule is COC(=O)C[S-].COC(=O)C[S-].[CH]1[CH][CH][CH][CH]1.[CH]1[CH][CH][CH][CH]1.[Ti+2].